The van der Waals surface area contributed by atoms with Crippen molar-refractivity contribution < 1.29 is 13.2 Å². The van der Waals surface area contributed by atoms with Gasteiger partial charge in [-0.25, -0.2) is 8.42 Å². The van der Waals surface area contributed by atoms with E-state index in [2.05, 4.69) is 4.98 Å². The van der Waals surface area contributed by atoms with Crippen LogP contribution in [-0.4, -0.2) is 25.6 Å². The molecule has 0 aliphatic heterocycles. The molecule has 1 aromatic carbocycles. The van der Waals surface area contributed by atoms with Crippen LogP contribution < -0.4 is 5.73 Å². The van der Waals surface area contributed by atoms with Gasteiger partial charge in [0, 0.05) is 17.8 Å². The molecule has 1 aromatic heterocycles. The fraction of sp³-hybridized carbons (Fsp3) is 0.0909. The summed E-state index contributed by atoms with van der Waals surface area (Å²) in [7, 11) is -3.27. The number of aromatic nitrogens is 1. The molecule has 17 heavy (non-hydrogen) atoms. The second-order valence-electron chi connectivity index (χ2n) is 3.71. The summed E-state index contributed by atoms with van der Waals surface area (Å²) in [6.45, 7) is 0. The zero-order chi connectivity index (χ0) is 12.6. The van der Waals surface area contributed by atoms with Gasteiger partial charge in [0.25, 0.3) is 0 Å². The number of hydrogen-bond donors (Lipinski definition) is 1. The van der Waals surface area contributed by atoms with Crippen molar-refractivity contribution in [3.05, 3.63) is 36.0 Å². The number of nitrogens with two attached hydrogens (primary N) is 1. The highest BCUT2D eigenvalue weighted by Crippen LogP contribution is 2.18. The molecule has 2 aromatic rings. The Bertz CT molecular complexity index is 708. The molecule has 0 fully saturated rings. The fourth-order valence-electron chi connectivity index (χ4n) is 1.48. The third-order valence-electron chi connectivity index (χ3n) is 2.37. The number of nitrogens with zero attached hydrogens (tertiary/aromatic N) is 1. The van der Waals surface area contributed by atoms with Gasteiger partial charge in [-0.1, -0.05) is 0 Å². The van der Waals surface area contributed by atoms with Gasteiger partial charge in [0.05, 0.1) is 16.0 Å². The first-order chi connectivity index (χ1) is 7.88. The standard InChI is InChI=1S/C11H10N2O3S/c1-17(15,16)9-2-3-10-7(5-9)4-8(6-13-10)11(12)14/h2-6H,1H3,(H2,12,14). The number of pyridine rings is 1. The van der Waals surface area contributed by atoms with Crippen molar-refractivity contribution >= 4 is 26.6 Å². The van der Waals surface area contributed by atoms with E-state index >= 15 is 0 Å². The van der Waals surface area contributed by atoms with Crippen molar-refractivity contribution in [1.82, 2.24) is 4.98 Å². The van der Waals surface area contributed by atoms with Crippen LogP contribution in [-0.2, 0) is 9.84 Å². The van der Waals surface area contributed by atoms with E-state index in [-0.39, 0.29) is 10.5 Å². The van der Waals surface area contributed by atoms with Crippen LogP contribution in [0.5, 0.6) is 0 Å². The van der Waals surface area contributed by atoms with E-state index in [1.165, 1.54) is 24.4 Å². The summed E-state index contributed by atoms with van der Waals surface area (Å²) in [6, 6.07) is 6.08. The van der Waals surface area contributed by atoms with Crippen LogP contribution in [0.1, 0.15) is 10.4 Å². The predicted molar refractivity (Wildman–Crippen MR) is 63.4 cm³/mol. The minimum atomic E-state index is -3.27. The lowest BCUT2D eigenvalue weighted by molar-refractivity contribution is 0.1000. The smallest absolute Gasteiger partial charge is 0.250 e. The molecule has 0 atom stereocenters. The normalized spacial score (nSPS) is 11.6. The van der Waals surface area contributed by atoms with Crippen LogP contribution >= 0.6 is 0 Å². The molecule has 6 heteroatoms. The summed E-state index contributed by atoms with van der Waals surface area (Å²) in [5, 5.41) is 0.573. The van der Waals surface area contributed by atoms with Crippen LogP contribution in [0.4, 0.5) is 0 Å². The number of benzene rings is 1. The van der Waals surface area contributed by atoms with Crippen molar-refractivity contribution in [2.24, 2.45) is 5.73 Å². The minimum Gasteiger partial charge on any atom is -0.366 e. The molecule has 0 aliphatic rings. The molecule has 88 valence electrons. The van der Waals surface area contributed by atoms with Crippen LogP contribution in [0.25, 0.3) is 10.9 Å². The SMILES string of the molecule is CS(=O)(=O)c1ccc2ncc(C(N)=O)cc2c1. The maximum atomic E-state index is 11.4. The number of hydrogen-bond acceptors (Lipinski definition) is 4. The maximum absolute atomic E-state index is 11.4. The van der Waals surface area contributed by atoms with E-state index in [9.17, 15) is 13.2 Å². The molecule has 0 saturated carbocycles. The zero-order valence-corrected chi connectivity index (χ0v) is 9.86. The lowest BCUT2D eigenvalue weighted by atomic mass is 10.1. The van der Waals surface area contributed by atoms with E-state index in [1.807, 2.05) is 0 Å². The van der Waals surface area contributed by atoms with Gasteiger partial charge in [-0.2, -0.15) is 0 Å². The van der Waals surface area contributed by atoms with Crippen LogP contribution in [0, 0.1) is 0 Å². The highest BCUT2D eigenvalue weighted by molar-refractivity contribution is 7.90. The second kappa shape index (κ2) is 3.81. The van der Waals surface area contributed by atoms with Crippen molar-refractivity contribution in [2.45, 2.75) is 4.90 Å². The van der Waals surface area contributed by atoms with Gasteiger partial charge >= 0.3 is 0 Å². The van der Waals surface area contributed by atoms with E-state index < -0.39 is 15.7 Å². The van der Waals surface area contributed by atoms with Crippen molar-refractivity contribution in [1.29, 1.82) is 0 Å². The number of carbonyl (C=O) groups excluding carboxylic acids is 1. The predicted octanol–water partition coefficient (Wildman–Crippen LogP) is 0.737. The number of carbonyl (C=O) groups is 1. The first kappa shape index (κ1) is 11.5. The number of sulfone groups is 1. The molecule has 2 rings (SSSR count). The highest BCUT2D eigenvalue weighted by atomic mass is 32.2. The average molecular weight is 250 g/mol. The number of amides is 1. The van der Waals surface area contributed by atoms with Gasteiger partial charge < -0.3 is 5.73 Å². The van der Waals surface area contributed by atoms with Gasteiger partial charge in [0.2, 0.25) is 5.91 Å². The van der Waals surface area contributed by atoms with Gasteiger partial charge in [-0.05, 0) is 24.3 Å². The van der Waals surface area contributed by atoms with Crippen LogP contribution in [0.2, 0.25) is 0 Å². The quantitative estimate of drug-likeness (QED) is 0.851. The Morgan fingerprint density at radius 1 is 1.29 bits per heavy atom. The van der Waals surface area contributed by atoms with Gasteiger partial charge in [0.15, 0.2) is 9.84 Å². The van der Waals surface area contributed by atoms with E-state index in [1.54, 1.807) is 6.07 Å². The van der Waals surface area contributed by atoms with Gasteiger partial charge in [0.1, 0.15) is 0 Å². The topological polar surface area (TPSA) is 90.1 Å². The monoisotopic (exact) mass is 250 g/mol. The highest BCUT2D eigenvalue weighted by Gasteiger charge is 2.09. The van der Waals surface area contributed by atoms with Crippen molar-refractivity contribution in [3.63, 3.8) is 0 Å². The lowest BCUT2D eigenvalue weighted by Crippen LogP contribution is -2.11. The van der Waals surface area contributed by atoms with Crippen LogP contribution in [0.3, 0.4) is 0 Å². The summed E-state index contributed by atoms with van der Waals surface area (Å²) in [6.07, 6.45) is 2.49. The van der Waals surface area contributed by atoms with E-state index in [4.69, 9.17) is 5.73 Å². The summed E-state index contributed by atoms with van der Waals surface area (Å²) in [5.74, 6) is -0.593. The minimum absolute atomic E-state index is 0.188. The summed E-state index contributed by atoms with van der Waals surface area (Å²) < 4.78 is 22.8. The molecule has 5 nitrogen and oxygen atoms in total. The molecule has 0 radical (unpaired) electrons. The zero-order valence-electron chi connectivity index (χ0n) is 9.04. The van der Waals surface area contributed by atoms with Crippen molar-refractivity contribution in [3.8, 4) is 0 Å². The van der Waals surface area contributed by atoms with Gasteiger partial charge in [-0.15, -0.1) is 0 Å². The molecule has 0 aliphatic carbocycles. The first-order valence-corrected chi connectivity index (χ1v) is 6.67. The Kier molecular flexibility index (Phi) is 2.59. The molecule has 0 bridgehead atoms. The van der Waals surface area contributed by atoms with E-state index in [0.29, 0.717) is 10.9 Å². The summed E-state index contributed by atoms with van der Waals surface area (Å²) in [4.78, 5) is 15.2. The average Bonchev–Trinajstić information content (AvgIpc) is 2.26. The Balaban J connectivity index is 2.71. The molecule has 0 unspecified atom stereocenters. The maximum Gasteiger partial charge on any atom is 0.250 e. The second-order valence-corrected chi connectivity index (χ2v) is 5.73. The largest absolute Gasteiger partial charge is 0.366 e. The molecular formula is C11H10N2O3S. The Labute approximate surface area is 98.2 Å². The molecule has 0 saturated heterocycles. The summed E-state index contributed by atoms with van der Waals surface area (Å²) in [5.41, 5.74) is 6.00. The van der Waals surface area contributed by atoms with Crippen molar-refractivity contribution in [2.75, 3.05) is 6.26 Å². The third kappa shape index (κ3) is 2.26. The van der Waals surface area contributed by atoms with Crippen LogP contribution in [0.15, 0.2) is 35.4 Å². The Hall–Kier alpha value is -1.95. The van der Waals surface area contributed by atoms with Gasteiger partial charge in [-0.3, -0.25) is 9.78 Å². The Morgan fingerprint density at radius 3 is 2.59 bits per heavy atom. The first-order valence-electron chi connectivity index (χ1n) is 4.77. The molecule has 2 N–H and O–H groups in total. The number of rotatable bonds is 2. The third-order valence-corrected chi connectivity index (χ3v) is 3.48. The fourth-order valence-corrected chi connectivity index (χ4v) is 2.13. The Morgan fingerprint density at radius 2 is 2.00 bits per heavy atom. The summed E-state index contributed by atoms with van der Waals surface area (Å²) >= 11 is 0. The number of primary amides is 1. The molecule has 0 spiro atoms. The number of fused-ring (bicyclic) bond motifs is 1. The molecular weight excluding hydrogens is 240 g/mol. The molecule has 1 amide bonds. The molecule has 1 heterocycles. The van der Waals surface area contributed by atoms with E-state index in [0.717, 1.165) is 6.26 Å². The lowest BCUT2D eigenvalue weighted by Gasteiger charge is -2.02.